The first kappa shape index (κ1) is 17.1. The summed E-state index contributed by atoms with van der Waals surface area (Å²) in [5.74, 6) is -2.02. The topological polar surface area (TPSA) is 81.3 Å². The molecule has 0 bridgehead atoms. The molecule has 24 heavy (non-hydrogen) atoms. The van der Waals surface area contributed by atoms with Crippen molar-refractivity contribution in [2.75, 3.05) is 14.2 Å². The van der Waals surface area contributed by atoms with Crippen molar-refractivity contribution in [2.45, 2.75) is 16.2 Å². The van der Waals surface area contributed by atoms with Crippen LogP contribution in [0.25, 0.3) is 0 Å². The quantitative estimate of drug-likeness (QED) is 0.646. The van der Waals surface area contributed by atoms with Gasteiger partial charge in [0, 0.05) is 23.2 Å². The largest absolute Gasteiger partial charge is 0.469 e. The van der Waals surface area contributed by atoms with Gasteiger partial charge in [0.25, 0.3) is 0 Å². The van der Waals surface area contributed by atoms with Gasteiger partial charge in [-0.25, -0.2) is 0 Å². The van der Waals surface area contributed by atoms with E-state index in [0.717, 1.165) is 15.5 Å². The number of thiazole rings is 1. The maximum Gasteiger partial charge on any atom is 0.320 e. The lowest BCUT2D eigenvalue weighted by Crippen LogP contribution is -2.40. The Balaban J connectivity index is 2.20. The molecule has 3 heterocycles. The summed E-state index contributed by atoms with van der Waals surface area (Å²) in [5, 5.41) is 0.0646. The van der Waals surface area contributed by atoms with Crippen LogP contribution in [0.15, 0.2) is 29.6 Å². The highest BCUT2D eigenvalue weighted by atomic mass is 32.2. The number of thioether (sulfide) groups is 1. The Morgan fingerprint density at radius 2 is 2.04 bits per heavy atom. The molecule has 0 spiro atoms. The molecule has 1 N–H and O–H groups in total. The van der Waals surface area contributed by atoms with Gasteiger partial charge in [0.05, 0.1) is 25.2 Å². The van der Waals surface area contributed by atoms with Crippen LogP contribution >= 0.6 is 35.3 Å². The second-order valence-electron chi connectivity index (χ2n) is 5.08. The van der Waals surface area contributed by atoms with E-state index in [2.05, 4.69) is 9.97 Å². The van der Waals surface area contributed by atoms with E-state index >= 15 is 0 Å². The molecule has 126 valence electrons. The van der Waals surface area contributed by atoms with Crippen molar-refractivity contribution in [3.05, 3.63) is 38.9 Å². The van der Waals surface area contributed by atoms with Gasteiger partial charge in [0.2, 0.25) is 0 Å². The number of aromatic amines is 1. The van der Waals surface area contributed by atoms with Crippen LogP contribution in [0, 0.1) is 9.87 Å². The third kappa shape index (κ3) is 2.99. The summed E-state index contributed by atoms with van der Waals surface area (Å²) in [6.07, 6.45) is 3.35. The second-order valence-corrected chi connectivity index (χ2v) is 7.95. The Kier molecular flexibility index (Phi) is 5.02. The van der Waals surface area contributed by atoms with Gasteiger partial charge in [-0.05, 0) is 23.8 Å². The van der Waals surface area contributed by atoms with Gasteiger partial charge >= 0.3 is 11.9 Å². The van der Waals surface area contributed by atoms with Crippen LogP contribution in [-0.2, 0) is 19.1 Å². The number of rotatable bonds is 3. The van der Waals surface area contributed by atoms with Gasteiger partial charge < -0.3 is 14.5 Å². The van der Waals surface area contributed by atoms with Crippen molar-refractivity contribution in [3.63, 3.8) is 0 Å². The molecule has 0 saturated heterocycles. The zero-order chi connectivity index (χ0) is 17.3. The summed E-state index contributed by atoms with van der Waals surface area (Å²) in [5.41, 5.74) is 0.827. The molecule has 0 radical (unpaired) electrons. The Morgan fingerprint density at radius 1 is 1.29 bits per heavy atom. The summed E-state index contributed by atoms with van der Waals surface area (Å²) >= 11 is 7.90. The fourth-order valence-corrected chi connectivity index (χ4v) is 5.72. The monoisotopic (exact) mass is 382 g/mol. The molecule has 0 aliphatic carbocycles. The lowest BCUT2D eigenvalue weighted by atomic mass is 9.83. The Bertz CT molecular complexity index is 818. The molecule has 2 aromatic rings. The molecule has 3 atom stereocenters. The Labute approximate surface area is 151 Å². The molecule has 3 rings (SSSR count). The lowest BCUT2D eigenvalue weighted by molar-refractivity contribution is -0.151. The number of hydrogen-bond donors (Lipinski definition) is 1. The van der Waals surface area contributed by atoms with Crippen LogP contribution in [0.3, 0.4) is 0 Å². The van der Waals surface area contributed by atoms with Crippen molar-refractivity contribution in [1.29, 1.82) is 0 Å². The molecule has 9 heteroatoms. The molecule has 1 aliphatic rings. The summed E-state index contributed by atoms with van der Waals surface area (Å²) in [6, 6.07) is 3.68. The lowest BCUT2D eigenvalue weighted by Gasteiger charge is -2.33. The number of pyridine rings is 1. The average molecular weight is 382 g/mol. The average Bonchev–Trinajstić information content (AvgIpc) is 2.99. The molecule has 2 aromatic heterocycles. The van der Waals surface area contributed by atoms with Gasteiger partial charge in [-0.3, -0.25) is 14.6 Å². The number of nitrogens with zero attached hydrogens (tertiary/aromatic N) is 1. The standard InChI is InChI=1S/C15H14N2O4S3/c1-20-13(18)9-8(7-4-3-5-16-6-7)10-12(17-15(22)24-10)23-11(9)14(19)21-2/h3-6,8-9,11H,1-2H3,(H,17,22). The van der Waals surface area contributed by atoms with E-state index in [1.54, 1.807) is 18.5 Å². The normalized spacial score (nSPS) is 22.5. The van der Waals surface area contributed by atoms with Crippen LogP contribution in [0.2, 0.25) is 0 Å². The number of H-pyrrole nitrogens is 1. The van der Waals surface area contributed by atoms with E-state index in [0.29, 0.717) is 3.95 Å². The minimum absolute atomic E-state index is 0.371. The van der Waals surface area contributed by atoms with Crippen LogP contribution in [0.1, 0.15) is 16.4 Å². The fraction of sp³-hybridized carbons (Fsp3) is 0.333. The van der Waals surface area contributed by atoms with Crippen molar-refractivity contribution in [2.24, 2.45) is 5.92 Å². The summed E-state index contributed by atoms with van der Waals surface area (Å²) in [7, 11) is 2.62. The molecule has 0 fully saturated rings. The van der Waals surface area contributed by atoms with Crippen molar-refractivity contribution < 1.29 is 19.1 Å². The number of ether oxygens (including phenoxy) is 2. The first-order valence-electron chi connectivity index (χ1n) is 7.02. The molecular weight excluding hydrogens is 368 g/mol. The maximum atomic E-state index is 12.5. The van der Waals surface area contributed by atoms with Gasteiger partial charge in [-0.1, -0.05) is 17.8 Å². The predicted molar refractivity (Wildman–Crippen MR) is 92.8 cm³/mol. The number of methoxy groups -OCH3 is 2. The van der Waals surface area contributed by atoms with Crippen molar-refractivity contribution in [1.82, 2.24) is 9.97 Å². The zero-order valence-corrected chi connectivity index (χ0v) is 15.3. The highest BCUT2D eigenvalue weighted by Gasteiger charge is 2.48. The van der Waals surface area contributed by atoms with E-state index in [9.17, 15) is 9.59 Å². The number of fused-ring (bicyclic) bond motifs is 1. The molecule has 1 aliphatic heterocycles. The minimum atomic E-state index is -0.722. The predicted octanol–water partition coefficient (Wildman–Crippen LogP) is 2.77. The maximum absolute atomic E-state index is 12.5. The summed E-state index contributed by atoms with van der Waals surface area (Å²) < 4.78 is 10.5. The van der Waals surface area contributed by atoms with Gasteiger partial charge in [-0.15, -0.1) is 11.3 Å². The van der Waals surface area contributed by atoms with Crippen LogP contribution in [0.5, 0.6) is 0 Å². The number of aromatic nitrogens is 2. The fourth-order valence-electron chi connectivity index (χ4n) is 2.78. The number of carbonyl (C=O) groups is 2. The Hall–Kier alpha value is -1.71. The highest BCUT2D eigenvalue weighted by molar-refractivity contribution is 8.00. The van der Waals surface area contributed by atoms with Gasteiger partial charge in [-0.2, -0.15) is 0 Å². The van der Waals surface area contributed by atoms with E-state index in [1.165, 1.54) is 37.3 Å². The van der Waals surface area contributed by atoms with E-state index in [-0.39, 0.29) is 5.92 Å². The number of hydrogen-bond acceptors (Lipinski definition) is 8. The SMILES string of the molecule is COC(=O)C1Sc2[nH]c(=S)sc2C(c2cccnc2)C1C(=O)OC. The zero-order valence-electron chi connectivity index (χ0n) is 12.8. The van der Waals surface area contributed by atoms with E-state index in [1.807, 2.05) is 6.07 Å². The first-order valence-corrected chi connectivity index (χ1v) is 9.12. The number of nitrogens with one attached hydrogen (secondary N) is 1. The third-order valence-corrected chi connectivity index (χ3v) is 6.55. The molecular formula is C15H14N2O4S3. The Morgan fingerprint density at radius 3 is 2.67 bits per heavy atom. The summed E-state index contributed by atoms with van der Waals surface area (Å²) in [4.78, 5) is 32.9. The first-order chi connectivity index (χ1) is 11.6. The van der Waals surface area contributed by atoms with Crippen molar-refractivity contribution in [3.8, 4) is 0 Å². The van der Waals surface area contributed by atoms with Crippen molar-refractivity contribution >= 4 is 47.3 Å². The van der Waals surface area contributed by atoms with Crippen LogP contribution in [-0.4, -0.2) is 41.4 Å². The van der Waals surface area contributed by atoms with Gasteiger partial charge in [0.1, 0.15) is 5.25 Å². The highest BCUT2D eigenvalue weighted by Crippen LogP contribution is 2.50. The van der Waals surface area contributed by atoms with Gasteiger partial charge in [0.15, 0.2) is 3.95 Å². The molecule has 3 unspecified atom stereocenters. The van der Waals surface area contributed by atoms with Crippen LogP contribution in [0.4, 0.5) is 0 Å². The van der Waals surface area contributed by atoms with E-state index in [4.69, 9.17) is 21.7 Å². The third-order valence-electron chi connectivity index (χ3n) is 3.80. The number of carbonyl (C=O) groups excluding carboxylic acids is 2. The second kappa shape index (κ2) is 7.04. The minimum Gasteiger partial charge on any atom is -0.469 e. The molecule has 0 aromatic carbocycles. The molecule has 0 amide bonds. The molecule has 6 nitrogen and oxygen atoms in total. The van der Waals surface area contributed by atoms with Crippen LogP contribution < -0.4 is 0 Å². The smallest absolute Gasteiger partial charge is 0.320 e. The molecule has 0 saturated carbocycles. The van der Waals surface area contributed by atoms with E-state index < -0.39 is 23.1 Å². The summed E-state index contributed by atoms with van der Waals surface area (Å²) in [6.45, 7) is 0. The number of esters is 2.